The fourth-order valence-corrected chi connectivity index (χ4v) is 3.44. The van der Waals surface area contributed by atoms with Crippen LogP contribution in [0.5, 0.6) is 0 Å². The second kappa shape index (κ2) is 10.6. The van der Waals surface area contributed by atoms with Crippen LogP contribution in [0, 0.1) is 13.8 Å². The van der Waals surface area contributed by atoms with Crippen molar-refractivity contribution in [2.75, 3.05) is 13.1 Å². The van der Waals surface area contributed by atoms with Crippen molar-refractivity contribution in [3.63, 3.8) is 0 Å². The van der Waals surface area contributed by atoms with Gasteiger partial charge in [-0.25, -0.2) is 4.58 Å². The van der Waals surface area contributed by atoms with E-state index in [0.717, 1.165) is 35.5 Å². The minimum atomic E-state index is -5.81. The Bertz CT molecular complexity index is 1110. The van der Waals surface area contributed by atoms with Gasteiger partial charge in [0.05, 0.1) is 0 Å². The summed E-state index contributed by atoms with van der Waals surface area (Å²) >= 11 is 0. The summed E-state index contributed by atoms with van der Waals surface area (Å²) in [5.41, 5.74) is -1.55. The van der Waals surface area contributed by atoms with Gasteiger partial charge in [0.2, 0.25) is 5.71 Å². The van der Waals surface area contributed by atoms with Gasteiger partial charge in [-0.3, -0.25) is 0 Å². The molecule has 0 heterocycles. The quantitative estimate of drug-likeness (QED) is 0.127. The van der Waals surface area contributed by atoms with Gasteiger partial charge in [0.25, 0.3) is 0 Å². The minimum Gasteiger partial charge on any atom is -0.375 e. The molecule has 0 saturated heterocycles. The molecular formula is C24H27F3NO3S+. The second-order valence-electron chi connectivity index (χ2n) is 7.16. The third kappa shape index (κ3) is 6.56. The molecule has 0 aromatic heterocycles. The average Bonchev–Trinajstić information content (AvgIpc) is 2.73. The number of allylic oxidation sites excluding steroid dienone is 3. The maximum atomic E-state index is 12.9. The lowest BCUT2D eigenvalue weighted by atomic mass is 10.1. The Kier molecular flexibility index (Phi) is 8.44. The molecular weight excluding hydrogens is 439 g/mol. The standard InChI is InChI=1S/C24H27F3NO3S/c1-5-28(6-2)22(20-14-10-18(3)11-15-20)8-7-9-23(21-16-12-19(4)13-17-21)31-32(29,30)24(25,26)27/h7-17H,5-6H2,1-4H3/q+1/b8-7+,23-9+. The largest absolute Gasteiger partial charge is 0.534 e. The van der Waals surface area contributed by atoms with Crippen LogP contribution in [-0.4, -0.2) is 37.3 Å². The molecule has 0 spiro atoms. The molecule has 0 amide bonds. The summed E-state index contributed by atoms with van der Waals surface area (Å²) in [7, 11) is -5.81. The molecule has 0 radical (unpaired) electrons. The van der Waals surface area contributed by atoms with Crippen molar-refractivity contribution in [3.05, 3.63) is 89.0 Å². The molecule has 0 fully saturated rings. The highest BCUT2D eigenvalue weighted by Gasteiger charge is 2.48. The highest BCUT2D eigenvalue weighted by Crippen LogP contribution is 2.30. The van der Waals surface area contributed by atoms with E-state index in [9.17, 15) is 21.6 Å². The van der Waals surface area contributed by atoms with E-state index >= 15 is 0 Å². The van der Waals surface area contributed by atoms with E-state index in [1.54, 1.807) is 18.2 Å². The smallest absolute Gasteiger partial charge is 0.375 e. The number of aryl methyl sites for hydroxylation is 2. The second-order valence-corrected chi connectivity index (χ2v) is 8.70. The fourth-order valence-electron chi connectivity index (χ4n) is 2.95. The van der Waals surface area contributed by atoms with Gasteiger partial charge in [-0.05, 0) is 45.9 Å². The third-order valence-corrected chi connectivity index (χ3v) is 5.74. The summed E-state index contributed by atoms with van der Waals surface area (Å²) in [6.45, 7) is 9.23. The van der Waals surface area contributed by atoms with Crippen LogP contribution in [0.1, 0.15) is 36.1 Å². The Morgan fingerprint density at radius 2 is 1.38 bits per heavy atom. The molecule has 0 aliphatic rings. The van der Waals surface area contributed by atoms with Crippen LogP contribution in [0.25, 0.3) is 5.76 Å². The zero-order valence-electron chi connectivity index (χ0n) is 18.5. The summed E-state index contributed by atoms with van der Waals surface area (Å²) < 4.78 is 68.5. The van der Waals surface area contributed by atoms with Gasteiger partial charge >= 0.3 is 15.6 Å². The highest BCUT2D eigenvalue weighted by atomic mass is 32.2. The minimum absolute atomic E-state index is 0.216. The summed E-state index contributed by atoms with van der Waals surface area (Å²) in [5.74, 6) is -0.415. The van der Waals surface area contributed by atoms with Gasteiger partial charge in [0, 0.05) is 17.2 Å². The number of alkyl halides is 3. The summed E-state index contributed by atoms with van der Waals surface area (Å²) in [4.78, 5) is 0. The Balaban J connectivity index is 2.53. The topological polar surface area (TPSA) is 46.4 Å². The first-order chi connectivity index (χ1) is 15.0. The maximum Gasteiger partial charge on any atom is 0.534 e. The fraction of sp³-hybridized carbons (Fsp3) is 0.292. The Labute approximate surface area is 187 Å². The normalized spacial score (nSPS) is 12.8. The van der Waals surface area contributed by atoms with Crippen LogP contribution in [0.15, 0.2) is 66.8 Å². The van der Waals surface area contributed by atoms with E-state index in [1.165, 1.54) is 24.3 Å². The molecule has 4 nitrogen and oxygen atoms in total. The monoisotopic (exact) mass is 466 g/mol. The molecule has 32 heavy (non-hydrogen) atoms. The first-order valence-electron chi connectivity index (χ1n) is 10.1. The van der Waals surface area contributed by atoms with E-state index < -0.39 is 21.4 Å². The maximum absolute atomic E-state index is 12.9. The van der Waals surface area contributed by atoms with E-state index in [1.807, 2.05) is 52.0 Å². The van der Waals surface area contributed by atoms with Crippen molar-refractivity contribution < 1.29 is 30.3 Å². The lowest BCUT2D eigenvalue weighted by molar-refractivity contribution is -0.519. The van der Waals surface area contributed by atoms with E-state index in [0.29, 0.717) is 0 Å². The zero-order chi connectivity index (χ0) is 23.9. The average molecular weight is 467 g/mol. The number of rotatable bonds is 8. The first-order valence-corrected chi connectivity index (χ1v) is 11.5. The predicted molar refractivity (Wildman–Crippen MR) is 121 cm³/mol. The van der Waals surface area contributed by atoms with Crippen molar-refractivity contribution in [1.29, 1.82) is 0 Å². The SMILES string of the molecule is CC[N+](CC)=C(/C=C/C=C(/OS(=O)(=O)C(F)(F)F)c1ccc(C)cc1)c1ccc(C)cc1. The number of halogens is 3. The van der Waals surface area contributed by atoms with Gasteiger partial charge < -0.3 is 4.18 Å². The summed E-state index contributed by atoms with van der Waals surface area (Å²) in [6, 6.07) is 14.2. The van der Waals surface area contributed by atoms with Crippen LogP contribution in [-0.2, 0) is 14.3 Å². The summed E-state index contributed by atoms with van der Waals surface area (Å²) in [6.07, 6.45) is 4.45. The molecule has 0 atom stereocenters. The molecule has 0 bridgehead atoms. The van der Waals surface area contributed by atoms with Gasteiger partial charge in [-0.2, -0.15) is 21.6 Å². The van der Waals surface area contributed by atoms with E-state index in [-0.39, 0.29) is 5.56 Å². The highest BCUT2D eigenvalue weighted by molar-refractivity contribution is 7.87. The molecule has 0 N–H and O–H groups in total. The number of nitrogens with zero attached hydrogens (tertiary/aromatic N) is 1. The van der Waals surface area contributed by atoms with Crippen LogP contribution >= 0.6 is 0 Å². The first kappa shape index (κ1) is 25.4. The molecule has 0 saturated carbocycles. The van der Waals surface area contributed by atoms with Crippen LogP contribution in [0.2, 0.25) is 0 Å². The van der Waals surface area contributed by atoms with Crippen molar-refractivity contribution in [2.24, 2.45) is 0 Å². The van der Waals surface area contributed by atoms with E-state index in [4.69, 9.17) is 0 Å². The molecule has 2 aromatic carbocycles. The van der Waals surface area contributed by atoms with Gasteiger partial charge in [0.15, 0.2) is 0 Å². The van der Waals surface area contributed by atoms with E-state index in [2.05, 4.69) is 8.76 Å². The zero-order valence-corrected chi connectivity index (χ0v) is 19.3. The molecule has 2 aromatic rings. The van der Waals surface area contributed by atoms with Crippen LogP contribution in [0.4, 0.5) is 13.2 Å². The molecule has 2 rings (SSSR count). The predicted octanol–water partition coefficient (Wildman–Crippen LogP) is 5.61. The molecule has 0 unspecified atom stereocenters. The molecule has 0 aliphatic carbocycles. The van der Waals surface area contributed by atoms with Crippen molar-refractivity contribution in [2.45, 2.75) is 33.2 Å². The van der Waals surface area contributed by atoms with Gasteiger partial charge in [-0.1, -0.05) is 53.6 Å². The van der Waals surface area contributed by atoms with Crippen molar-refractivity contribution >= 4 is 21.6 Å². The Morgan fingerprint density at radius 3 is 1.81 bits per heavy atom. The lowest BCUT2D eigenvalue weighted by Gasteiger charge is -2.12. The number of benzene rings is 2. The molecule has 172 valence electrons. The van der Waals surface area contributed by atoms with Crippen molar-refractivity contribution in [1.82, 2.24) is 0 Å². The van der Waals surface area contributed by atoms with Crippen LogP contribution < -0.4 is 0 Å². The summed E-state index contributed by atoms with van der Waals surface area (Å²) in [5, 5.41) is 0. The number of hydrogen-bond acceptors (Lipinski definition) is 3. The number of hydrogen-bond donors (Lipinski definition) is 0. The van der Waals surface area contributed by atoms with Crippen molar-refractivity contribution in [3.8, 4) is 0 Å². The van der Waals surface area contributed by atoms with Gasteiger partial charge in [-0.15, -0.1) is 0 Å². The molecule has 0 aliphatic heterocycles. The van der Waals surface area contributed by atoms with Gasteiger partial charge in [0.1, 0.15) is 18.8 Å². The molecule has 8 heteroatoms. The van der Waals surface area contributed by atoms with Crippen LogP contribution in [0.3, 0.4) is 0 Å². The lowest BCUT2D eigenvalue weighted by Crippen LogP contribution is -2.25. The Hall–Kier alpha value is -2.87. The Morgan fingerprint density at radius 1 is 0.906 bits per heavy atom. The third-order valence-electron chi connectivity index (χ3n) is 4.77.